The van der Waals surface area contributed by atoms with E-state index in [1.807, 2.05) is 0 Å². The van der Waals surface area contributed by atoms with E-state index in [-0.39, 0.29) is 6.61 Å². The van der Waals surface area contributed by atoms with Gasteiger partial charge >= 0.3 is 0 Å². The number of ether oxygens (including phenoxy) is 1. The van der Waals surface area contributed by atoms with Gasteiger partial charge in [-0.05, 0) is 0 Å². The van der Waals surface area contributed by atoms with Gasteiger partial charge in [0.05, 0.1) is 12.9 Å². The first-order chi connectivity index (χ1) is 9.67. The molecule has 2 aromatic rings. The van der Waals surface area contributed by atoms with Crippen LogP contribution >= 0.6 is 0 Å². The summed E-state index contributed by atoms with van der Waals surface area (Å²) in [6.07, 6.45) is 1.02. The van der Waals surface area contributed by atoms with Gasteiger partial charge in [0.25, 0.3) is 0 Å². The van der Waals surface area contributed by atoms with Gasteiger partial charge in [-0.25, -0.2) is 15.0 Å². The second-order valence-corrected chi connectivity index (χ2v) is 5.13. The Morgan fingerprint density at radius 3 is 3.00 bits per heavy atom. The fourth-order valence-corrected chi connectivity index (χ4v) is 2.82. The first-order valence-electron chi connectivity index (χ1n) is 6.30. The third-order valence-electron chi connectivity index (χ3n) is 4.03. The molecule has 0 aromatic carbocycles. The highest BCUT2D eigenvalue weighted by atomic mass is 16.5. The second-order valence-electron chi connectivity index (χ2n) is 5.13. The normalized spacial score (nSPS) is 36.0. The molecule has 9 nitrogen and oxygen atoms in total. The summed E-state index contributed by atoms with van der Waals surface area (Å²) in [6, 6.07) is 0. The monoisotopic (exact) mass is 278 g/mol. The Morgan fingerprint density at radius 1 is 1.50 bits per heavy atom. The maximum absolute atomic E-state index is 10.2. The van der Waals surface area contributed by atoms with Crippen molar-refractivity contribution < 1.29 is 14.9 Å². The summed E-state index contributed by atoms with van der Waals surface area (Å²) in [6.45, 7) is 0.362. The molecule has 0 bridgehead atoms. The lowest BCUT2D eigenvalue weighted by Crippen LogP contribution is -2.38. The first-order valence-corrected chi connectivity index (χ1v) is 6.30. The van der Waals surface area contributed by atoms with E-state index in [2.05, 4.69) is 20.3 Å². The van der Waals surface area contributed by atoms with E-state index < -0.39 is 24.0 Å². The zero-order valence-corrected chi connectivity index (χ0v) is 10.5. The molecule has 2 aliphatic heterocycles. The Bertz CT molecular complexity index is 669. The summed E-state index contributed by atoms with van der Waals surface area (Å²) < 4.78 is 7.47. The van der Waals surface area contributed by atoms with Gasteiger partial charge in [-0.15, -0.1) is 0 Å². The Balaban J connectivity index is 1.82. The molecule has 0 radical (unpaired) electrons. The van der Waals surface area contributed by atoms with Crippen molar-refractivity contribution in [2.45, 2.75) is 24.0 Å². The van der Waals surface area contributed by atoms with E-state index in [1.54, 1.807) is 10.9 Å². The molecule has 5 N–H and O–H groups in total. The number of nitrogens with two attached hydrogens (primary N) is 1. The summed E-state index contributed by atoms with van der Waals surface area (Å²) in [5.74, 6) is 0.295. The van der Waals surface area contributed by atoms with Crippen molar-refractivity contribution in [1.29, 1.82) is 0 Å². The van der Waals surface area contributed by atoms with E-state index in [9.17, 15) is 10.2 Å². The van der Waals surface area contributed by atoms with Gasteiger partial charge in [0.2, 0.25) is 0 Å². The van der Waals surface area contributed by atoms with Crippen molar-refractivity contribution in [3.63, 3.8) is 0 Å². The van der Waals surface area contributed by atoms with Gasteiger partial charge < -0.3 is 26.0 Å². The molecule has 0 aliphatic carbocycles. The van der Waals surface area contributed by atoms with Gasteiger partial charge in [0.1, 0.15) is 29.6 Å². The van der Waals surface area contributed by atoms with Crippen molar-refractivity contribution in [1.82, 2.24) is 24.8 Å². The van der Waals surface area contributed by atoms with E-state index in [4.69, 9.17) is 10.5 Å². The number of aliphatic hydroxyl groups is 2. The minimum atomic E-state index is -0.783. The number of anilines is 1. The molecule has 2 saturated heterocycles. The van der Waals surface area contributed by atoms with Gasteiger partial charge in [-0.2, -0.15) is 0 Å². The number of nitrogen functional groups attached to an aromatic ring is 1. The summed E-state index contributed by atoms with van der Waals surface area (Å²) in [4.78, 5) is 12.3. The third-order valence-corrected chi connectivity index (χ3v) is 4.03. The lowest BCUT2D eigenvalue weighted by atomic mass is 10.00. The molecule has 2 aromatic heterocycles. The minimum absolute atomic E-state index is 0.245. The highest BCUT2D eigenvalue weighted by molar-refractivity contribution is 5.81. The summed E-state index contributed by atoms with van der Waals surface area (Å²) in [7, 11) is 0. The number of hydrogen-bond donors (Lipinski definition) is 4. The van der Waals surface area contributed by atoms with Gasteiger partial charge in [-0.1, -0.05) is 0 Å². The smallest absolute Gasteiger partial charge is 0.167 e. The van der Waals surface area contributed by atoms with Crippen LogP contribution in [0.25, 0.3) is 11.2 Å². The maximum atomic E-state index is 10.2. The van der Waals surface area contributed by atoms with Crippen molar-refractivity contribution in [3.05, 3.63) is 12.7 Å². The van der Waals surface area contributed by atoms with E-state index in [1.165, 1.54) is 6.33 Å². The number of nitrogens with one attached hydrogen (secondary N) is 1. The van der Waals surface area contributed by atoms with Crippen LogP contribution in [-0.2, 0) is 4.74 Å². The summed E-state index contributed by atoms with van der Waals surface area (Å²) in [5, 5.41) is 22.7. The Hall–Kier alpha value is -1.81. The largest absolute Gasteiger partial charge is 0.394 e. The predicted molar refractivity (Wildman–Crippen MR) is 67.5 cm³/mol. The molecule has 20 heavy (non-hydrogen) atoms. The Morgan fingerprint density at radius 2 is 2.30 bits per heavy atom. The third kappa shape index (κ3) is 1.37. The Kier molecular flexibility index (Phi) is 2.31. The van der Waals surface area contributed by atoms with Gasteiger partial charge in [-0.3, -0.25) is 4.57 Å². The fraction of sp³-hybridized carbons (Fsp3) is 0.545. The number of aromatic nitrogens is 4. The van der Waals surface area contributed by atoms with E-state index >= 15 is 0 Å². The molecule has 0 amide bonds. The van der Waals surface area contributed by atoms with E-state index in [0.717, 1.165) is 0 Å². The molecule has 2 unspecified atom stereocenters. The van der Waals surface area contributed by atoms with Crippen molar-refractivity contribution in [2.24, 2.45) is 0 Å². The zero-order valence-electron chi connectivity index (χ0n) is 10.5. The molecule has 9 heteroatoms. The fourth-order valence-electron chi connectivity index (χ4n) is 2.82. The molecular weight excluding hydrogens is 264 g/mol. The van der Waals surface area contributed by atoms with Crippen LogP contribution in [0.3, 0.4) is 0 Å². The lowest BCUT2D eigenvalue weighted by molar-refractivity contribution is -0.0441. The summed E-state index contributed by atoms with van der Waals surface area (Å²) in [5.41, 5.74) is 6.20. The number of fused-ring (bicyclic) bond motifs is 1. The molecule has 0 saturated carbocycles. The van der Waals surface area contributed by atoms with Crippen LogP contribution in [0, 0.1) is 0 Å². The van der Waals surface area contributed by atoms with Gasteiger partial charge in [0, 0.05) is 6.54 Å². The quantitative estimate of drug-likeness (QED) is 0.462. The summed E-state index contributed by atoms with van der Waals surface area (Å²) >= 11 is 0. The van der Waals surface area contributed by atoms with Crippen LogP contribution in [0.5, 0.6) is 0 Å². The molecule has 2 fully saturated rings. The van der Waals surface area contributed by atoms with E-state index in [0.29, 0.717) is 23.5 Å². The topological polar surface area (TPSA) is 141 Å². The zero-order chi connectivity index (χ0) is 13.9. The Labute approximate surface area is 113 Å². The lowest BCUT2D eigenvalue weighted by Gasteiger charge is -2.19. The SMILES string of the molecule is Nc1ncnc2c1ncn2C1O[C@H](CO)C(O)[C@@]12CN2. The average Bonchev–Trinajstić information content (AvgIpc) is 3.06. The number of hydrogen-bond acceptors (Lipinski definition) is 8. The number of rotatable bonds is 2. The van der Waals surface area contributed by atoms with Crippen LogP contribution in [0.2, 0.25) is 0 Å². The van der Waals surface area contributed by atoms with Gasteiger partial charge in [0.15, 0.2) is 17.7 Å². The van der Waals surface area contributed by atoms with Crippen LogP contribution in [-0.4, -0.2) is 60.6 Å². The van der Waals surface area contributed by atoms with Crippen LogP contribution < -0.4 is 11.1 Å². The molecule has 4 heterocycles. The van der Waals surface area contributed by atoms with Crippen LogP contribution in [0.15, 0.2) is 12.7 Å². The standard InChI is InChI=1S/C11H14N6O3/c12-8-6-9(14-3-13-8)17(4-15-6)10-11(2-16-11)7(19)5(1-18)20-10/h3-5,7,10,16,18-19H,1-2H2,(H2,12,13,14)/t5-,7?,10?,11+/m1/s1. The highest BCUT2D eigenvalue weighted by Gasteiger charge is 2.64. The molecule has 106 valence electrons. The van der Waals surface area contributed by atoms with Crippen LogP contribution in [0.4, 0.5) is 5.82 Å². The van der Waals surface area contributed by atoms with Crippen molar-refractivity contribution in [2.75, 3.05) is 18.9 Å². The molecule has 2 aliphatic rings. The second kappa shape index (κ2) is 3.85. The predicted octanol–water partition coefficient (Wildman–Crippen LogP) is -2.00. The number of nitrogens with zero attached hydrogens (tertiary/aromatic N) is 4. The van der Waals surface area contributed by atoms with Crippen molar-refractivity contribution >= 4 is 17.0 Å². The molecule has 4 rings (SSSR count). The average molecular weight is 278 g/mol. The molecule has 4 atom stereocenters. The maximum Gasteiger partial charge on any atom is 0.167 e. The number of aliphatic hydroxyl groups excluding tert-OH is 2. The van der Waals surface area contributed by atoms with Crippen molar-refractivity contribution in [3.8, 4) is 0 Å². The minimum Gasteiger partial charge on any atom is -0.394 e. The first kappa shape index (κ1) is 12.0. The van der Waals surface area contributed by atoms with Crippen LogP contribution in [0.1, 0.15) is 6.23 Å². The molecular formula is C11H14N6O3. The molecule has 1 spiro atoms. The highest BCUT2D eigenvalue weighted by Crippen LogP contribution is 2.45. The number of imidazole rings is 1.